The lowest BCUT2D eigenvalue weighted by atomic mass is 9.95. The van der Waals surface area contributed by atoms with Crippen LogP contribution in [-0.2, 0) is 92.8 Å². The third kappa shape index (κ3) is 26.7. The summed E-state index contributed by atoms with van der Waals surface area (Å²) < 4.78 is 0. The van der Waals surface area contributed by atoms with Gasteiger partial charge < -0.3 is 75.8 Å². The number of aliphatic hydroxyl groups is 1. The number of nitrogens with one attached hydrogen (secondary N) is 5. The van der Waals surface area contributed by atoms with Crippen LogP contribution in [0.25, 0.3) is 0 Å². The molecule has 0 aromatic heterocycles. The Labute approximate surface area is 703 Å². The van der Waals surface area contributed by atoms with Crippen molar-refractivity contribution in [3.05, 3.63) is 144 Å². The minimum Gasteiger partial charge on any atom is -0.391 e. The first kappa shape index (κ1) is 97.3. The second kappa shape index (κ2) is 45.6. The first-order valence-electron chi connectivity index (χ1n) is 41.9. The lowest BCUT2D eigenvalue weighted by Crippen LogP contribution is -2.62. The van der Waals surface area contributed by atoms with Gasteiger partial charge in [0, 0.05) is 95.2 Å². The topological polar surface area (TPSA) is 349 Å². The molecule has 14 amide bonds. The van der Waals surface area contributed by atoms with Crippen molar-refractivity contribution in [3.63, 3.8) is 0 Å². The SMILES string of the molecule is CC[C@H](C)[C@@H]1NC(=O)[C@H](Cc2ccccc2)N(C)C(=O)[C@H]([C@@H](C)O)NC(=O)[C@H](C)NC(=O)C[C@@H](C(=O)N(C)[C@@H](Cc2ccccc2)C(=O)N(C)[C@@H](Cc2ccccc2)C(=O)N[C@@H](C)C(=O)N2CCCCC2)NC(=O)[C@H](CC(C)C)N(C)C(=O)[C@H](CC(C)C)N(C)C(=O)[C@H](Cc2ccccc2)N(C)C(=O)[C@H](CC(C)C)N(C)C(=O)[C@H](C)N(C)C1=O. The summed E-state index contributed by atoms with van der Waals surface area (Å²) >= 11 is 0. The molecule has 29 nitrogen and oxygen atoms in total. The van der Waals surface area contributed by atoms with Gasteiger partial charge in [0.15, 0.2) is 0 Å². The van der Waals surface area contributed by atoms with Gasteiger partial charge in [-0.3, -0.25) is 67.1 Å². The second-order valence-corrected chi connectivity index (χ2v) is 33.8. The number of amides is 14. The third-order valence-corrected chi connectivity index (χ3v) is 23.2. The Balaban J connectivity index is 1.54. The van der Waals surface area contributed by atoms with E-state index in [0.29, 0.717) is 41.8 Å². The number of piperidine rings is 1. The molecule has 15 atom stereocenters. The van der Waals surface area contributed by atoms with Crippen molar-refractivity contribution in [1.29, 1.82) is 0 Å². The van der Waals surface area contributed by atoms with Crippen LogP contribution in [0.3, 0.4) is 0 Å². The minimum absolute atomic E-state index is 0.0277. The van der Waals surface area contributed by atoms with E-state index < -0.39 is 174 Å². The molecule has 119 heavy (non-hydrogen) atoms. The fraction of sp³-hybridized carbons (Fsp3) is 0.578. The molecule has 0 aliphatic carbocycles. The molecule has 0 spiro atoms. The quantitative estimate of drug-likeness (QED) is 0.0535. The average molecular weight is 1650 g/mol. The predicted molar refractivity (Wildman–Crippen MR) is 454 cm³/mol. The Kier molecular flexibility index (Phi) is 37.2. The Morgan fingerprint density at radius 3 is 1.32 bits per heavy atom. The number of aliphatic hydroxyl groups excluding tert-OH is 1. The van der Waals surface area contributed by atoms with Crippen LogP contribution in [0.4, 0.5) is 0 Å². The van der Waals surface area contributed by atoms with Crippen molar-refractivity contribution >= 4 is 82.7 Å². The van der Waals surface area contributed by atoms with E-state index in [0.717, 1.165) is 29.1 Å². The van der Waals surface area contributed by atoms with E-state index in [1.807, 2.05) is 34.6 Å². The summed E-state index contributed by atoms with van der Waals surface area (Å²) in [6.45, 7) is 21.2. The van der Waals surface area contributed by atoms with Crippen LogP contribution in [0.2, 0.25) is 0 Å². The molecule has 6 N–H and O–H groups in total. The molecule has 2 aliphatic heterocycles. The van der Waals surface area contributed by atoms with Crippen LogP contribution in [-0.4, -0.2) is 286 Å². The van der Waals surface area contributed by atoms with Crippen LogP contribution >= 0.6 is 0 Å². The van der Waals surface area contributed by atoms with E-state index in [9.17, 15) is 19.5 Å². The van der Waals surface area contributed by atoms with Crippen LogP contribution in [0.5, 0.6) is 0 Å². The number of hydrogen-bond donors (Lipinski definition) is 6. The van der Waals surface area contributed by atoms with Crippen molar-refractivity contribution in [2.45, 2.75) is 245 Å². The minimum atomic E-state index is -1.93. The molecule has 0 saturated carbocycles. The van der Waals surface area contributed by atoms with Crippen molar-refractivity contribution in [2.75, 3.05) is 69.5 Å². The first-order valence-corrected chi connectivity index (χ1v) is 41.9. The van der Waals surface area contributed by atoms with E-state index in [-0.39, 0.29) is 68.6 Å². The second-order valence-electron chi connectivity index (χ2n) is 33.8. The maximum Gasteiger partial charge on any atom is 0.248 e. The lowest BCUT2D eigenvalue weighted by molar-refractivity contribution is -0.156. The summed E-state index contributed by atoms with van der Waals surface area (Å²) in [4.78, 5) is 225. The molecular formula is C90H132N14O15. The molecule has 2 fully saturated rings. The molecule has 6 rings (SSSR count). The number of carbonyl (C=O) groups excluding carboxylic acids is 14. The van der Waals surface area contributed by atoms with Gasteiger partial charge in [-0.05, 0) is 112 Å². The Morgan fingerprint density at radius 1 is 0.454 bits per heavy atom. The standard InChI is InChI=1S/C90H132N14O15/c1-21-58(8)76-89(118)96(13)61(11)83(112)100(17)71(48-56(4)5)86(115)103(20)74(53-66-43-33-25-34-44-66)88(117)102(19)72(49-57(6)7)85(114)97(14)68(47-55(2)3)80(109)93-67(54-75(106)91-59(9)78(107)95-77(62(12)105)90(119)99(16)70(81(110)94-76)51-64-39-29-23-30-40-64)84(113)101(18)73(52-65-41-31-24-32-42-65)87(116)98(15)69(50-63-37-27-22-28-38-63)79(108)92-60(10)82(111)104-45-35-26-36-46-104/h22-25,27-34,37-44,55-62,67-74,76-77,105H,21,26,35-36,45-54H2,1-20H3,(H,91,106)(H,92,108)(H,93,109)(H,94,110)(H,95,107)/t58-,59-,60-,61-,62+,67-,68-,69-,70-,71-,72-,73-,74-,76-,77-/m0/s1. The average Bonchev–Trinajstić information content (AvgIpc) is 0.952. The normalized spacial score (nSPS) is 23.4. The fourth-order valence-corrected chi connectivity index (χ4v) is 15.3. The summed E-state index contributed by atoms with van der Waals surface area (Å²) in [5.41, 5.74) is 2.44. The van der Waals surface area contributed by atoms with Gasteiger partial charge in [-0.25, -0.2) is 0 Å². The summed E-state index contributed by atoms with van der Waals surface area (Å²) in [5, 5.41) is 25.1. The maximum atomic E-state index is 16.1. The molecule has 2 aliphatic rings. The van der Waals surface area contributed by atoms with Gasteiger partial charge in [0.1, 0.15) is 78.5 Å². The summed E-state index contributed by atoms with van der Waals surface area (Å²) in [5.74, 6) is -12.4. The Hall–Kier alpha value is -10.6. The first-order chi connectivity index (χ1) is 56.1. The molecule has 2 saturated heterocycles. The monoisotopic (exact) mass is 1650 g/mol. The molecule has 0 radical (unpaired) electrons. The molecule has 0 bridgehead atoms. The number of likely N-dealkylation sites (N-methyl/N-ethyl adjacent to an activating group) is 8. The highest BCUT2D eigenvalue weighted by Gasteiger charge is 2.46. The summed E-state index contributed by atoms with van der Waals surface area (Å²) in [6.07, 6.45) is -0.0829. The van der Waals surface area contributed by atoms with Crippen molar-refractivity contribution < 1.29 is 72.2 Å². The van der Waals surface area contributed by atoms with E-state index >= 15 is 52.7 Å². The van der Waals surface area contributed by atoms with Gasteiger partial charge >= 0.3 is 0 Å². The predicted octanol–water partition coefficient (Wildman–Crippen LogP) is 5.04. The van der Waals surface area contributed by atoms with E-state index in [4.69, 9.17) is 0 Å². The molecular weight excluding hydrogens is 1520 g/mol. The molecule has 29 heteroatoms. The number of carbonyl (C=O) groups is 14. The zero-order chi connectivity index (χ0) is 88.6. The van der Waals surface area contributed by atoms with Gasteiger partial charge in [-0.15, -0.1) is 0 Å². The van der Waals surface area contributed by atoms with Gasteiger partial charge in [-0.2, -0.15) is 0 Å². The number of rotatable bonds is 24. The summed E-state index contributed by atoms with van der Waals surface area (Å²) in [7, 11) is 11.1. The van der Waals surface area contributed by atoms with Crippen molar-refractivity contribution in [1.82, 2.24) is 70.7 Å². The van der Waals surface area contributed by atoms with Gasteiger partial charge in [0.2, 0.25) is 82.7 Å². The third-order valence-electron chi connectivity index (χ3n) is 23.2. The maximum absolute atomic E-state index is 16.1. The highest BCUT2D eigenvalue weighted by molar-refractivity contribution is 6.01. The Bertz CT molecular complexity index is 4090. The van der Waals surface area contributed by atoms with E-state index in [1.54, 1.807) is 154 Å². The zero-order valence-corrected chi connectivity index (χ0v) is 73.5. The van der Waals surface area contributed by atoms with Crippen molar-refractivity contribution in [2.24, 2.45) is 23.7 Å². The van der Waals surface area contributed by atoms with Crippen LogP contribution < -0.4 is 26.6 Å². The number of nitrogens with zero attached hydrogens (tertiary/aromatic N) is 9. The largest absolute Gasteiger partial charge is 0.391 e. The molecule has 4 aromatic carbocycles. The fourth-order valence-electron chi connectivity index (χ4n) is 15.3. The molecule has 4 aromatic rings. The van der Waals surface area contributed by atoms with E-state index in [1.165, 1.54) is 107 Å². The van der Waals surface area contributed by atoms with Crippen LogP contribution in [0.15, 0.2) is 121 Å². The molecule has 652 valence electrons. The van der Waals surface area contributed by atoms with Crippen LogP contribution in [0, 0.1) is 23.7 Å². The van der Waals surface area contributed by atoms with E-state index in [2.05, 4.69) is 26.6 Å². The van der Waals surface area contributed by atoms with Gasteiger partial charge in [0.25, 0.3) is 0 Å². The van der Waals surface area contributed by atoms with Crippen LogP contribution in [0.1, 0.15) is 157 Å². The number of benzene rings is 4. The van der Waals surface area contributed by atoms with Crippen molar-refractivity contribution in [3.8, 4) is 0 Å². The molecule has 0 unspecified atom stereocenters. The zero-order valence-electron chi connectivity index (χ0n) is 73.5. The highest BCUT2D eigenvalue weighted by atomic mass is 16.3. The summed E-state index contributed by atoms with van der Waals surface area (Å²) in [6, 6.07) is 16.7. The van der Waals surface area contributed by atoms with Gasteiger partial charge in [-0.1, -0.05) is 183 Å². The lowest BCUT2D eigenvalue weighted by Gasteiger charge is -2.40. The smallest absolute Gasteiger partial charge is 0.248 e. The number of hydrogen-bond acceptors (Lipinski definition) is 15. The van der Waals surface area contributed by atoms with Gasteiger partial charge in [0.05, 0.1) is 12.5 Å². The highest BCUT2D eigenvalue weighted by Crippen LogP contribution is 2.27. The number of likely N-dealkylation sites (tertiary alicyclic amines) is 1. The molecule has 2 heterocycles. The Morgan fingerprint density at radius 2 is 0.849 bits per heavy atom.